The largest absolute Gasteiger partial charge is 0.506 e. The van der Waals surface area contributed by atoms with Gasteiger partial charge < -0.3 is 10.2 Å². The molecule has 14 heavy (non-hydrogen) atoms. The lowest BCUT2D eigenvalue weighted by Gasteiger charge is -1.97. The normalized spacial score (nSPS) is 10.6. The molecule has 72 valence electrons. The number of carboxylic acids is 1. The number of rotatable bonds is 1. The molecule has 0 radical (unpaired) electrons. The van der Waals surface area contributed by atoms with Crippen molar-refractivity contribution in [2.45, 2.75) is 0 Å². The van der Waals surface area contributed by atoms with Crippen LogP contribution in [0.4, 0.5) is 0 Å². The molecule has 0 spiro atoms. The highest BCUT2D eigenvalue weighted by molar-refractivity contribution is 5.94. The highest BCUT2D eigenvalue weighted by atomic mass is 16.4. The van der Waals surface area contributed by atoms with Crippen molar-refractivity contribution in [3.63, 3.8) is 0 Å². The Morgan fingerprint density at radius 2 is 2.21 bits per heavy atom. The van der Waals surface area contributed by atoms with Crippen LogP contribution in [0.3, 0.4) is 0 Å². The summed E-state index contributed by atoms with van der Waals surface area (Å²) in [7, 11) is 1.63. The average molecular weight is 193 g/mol. The first-order valence-electron chi connectivity index (χ1n) is 3.85. The van der Waals surface area contributed by atoms with Crippen LogP contribution in [0, 0.1) is 0 Å². The second-order valence-corrected chi connectivity index (χ2v) is 2.88. The summed E-state index contributed by atoms with van der Waals surface area (Å²) in [6, 6.07) is 2.57. The maximum Gasteiger partial charge on any atom is 0.335 e. The van der Waals surface area contributed by atoms with Crippen LogP contribution in [-0.4, -0.2) is 31.2 Å². The molecule has 1 heterocycles. The summed E-state index contributed by atoms with van der Waals surface area (Å²) in [5, 5.41) is 25.5. The predicted octanol–water partition coefficient (Wildman–Crippen LogP) is 0.372. The van der Waals surface area contributed by atoms with Crippen LogP contribution < -0.4 is 0 Å². The maximum absolute atomic E-state index is 10.7. The minimum absolute atomic E-state index is 0.0143. The number of carbonyl (C=O) groups is 1. The Bertz CT molecular complexity index is 518. The third-order valence-corrected chi connectivity index (χ3v) is 1.94. The number of aryl methyl sites for hydroxylation is 1. The number of hydrogen-bond acceptors (Lipinski definition) is 4. The van der Waals surface area contributed by atoms with E-state index in [4.69, 9.17) is 5.11 Å². The van der Waals surface area contributed by atoms with Crippen molar-refractivity contribution < 1.29 is 15.0 Å². The van der Waals surface area contributed by atoms with E-state index in [-0.39, 0.29) is 11.3 Å². The molecule has 6 heteroatoms. The molecule has 6 nitrogen and oxygen atoms in total. The predicted molar refractivity (Wildman–Crippen MR) is 47.1 cm³/mol. The summed E-state index contributed by atoms with van der Waals surface area (Å²) in [5.74, 6) is -1.27. The highest BCUT2D eigenvalue weighted by Crippen LogP contribution is 2.23. The fourth-order valence-corrected chi connectivity index (χ4v) is 1.24. The Morgan fingerprint density at radius 1 is 1.50 bits per heavy atom. The first kappa shape index (κ1) is 8.49. The molecular formula is C8H7N3O3. The van der Waals surface area contributed by atoms with E-state index in [0.29, 0.717) is 11.0 Å². The van der Waals surface area contributed by atoms with Crippen LogP contribution in [0.1, 0.15) is 10.4 Å². The molecule has 2 aromatic rings. The highest BCUT2D eigenvalue weighted by Gasteiger charge is 2.12. The third kappa shape index (κ3) is 1.08. The van der Waals surface area contributed by atoms with Gasteiger partial charge in [-0.3, -0.25) is 0 Å². The van der Waals surface area contributed by atoms with E-state index in [0.717, 1.165) is 6.07 Å². The monoisotopic (exact) mass is 193 g/mol. The van der Waals surface area contributed by atoms with E-state index in [1.807, 2.05) is 0 Å². The molecule has 0 saturated heterocycles. The van der Waals surface area contributed by atoms with E-state index in [9.17, 15) is 9.90 Å². The molecule has 0 atom stereocenters. The maximum atomic E-state index is 10.7. The Labute approximate surface area is 78.4 Å². The molecule has 0 saturated carbocycles. The number of phenols is 1. The van der Waals surface area contributed by atoms with E-state index in [2.05, 4.69) is 10.3 Å². The van der Waals surface area contributed by atoms with Gasteiger partial charge in [-0.1, -0.05) is 5.21 Å². The summed E-state index contributed by atoms with van der Waals surface area (Å²) >= 11 is 0. The zero-order valence-electron chi connectivity index (χ0n) is 7.30. The zero-order valence-corrected chi connectivity index (χ0v) is 7.30. The molecule has 0 aliphatic carbocycles. The lowest BCUT2D eigenvalue weighted by atomic mass is 10.2. The van der Waals surface area contributed by atoms with Crippen LogP contribution in [0.2, 0.25) is 0 Å². The summed E-state index contributed by atoms with van der Waals surface area (Å²) < 4.78 is 1.40. The van der Waals surface area contributed by atoms with Crippen LogP contribution in [0.25, 0.3) is 11.0 Å². The van der Waals surface area contributed by atoms with Crippen molar-refractivity contribution in [1.82, 2.24) is 15.0 Å². The topological polar surface area (TPSA) is 88.2 Å². The van der Waals surface area contributed by atoms with E-state index >= 15 is 0 Å². The van der Waals surface area contributed by atoms with Crippen molar-refractivity contribution >= 4 is 17.0 Å². The number of carboxylic acid groups (broad SMARTS) is 1. The molecule has 1 aromatic carbocycles. The zero-order chi connectivity index (χ0) is 10.3. The molecule has 0 amide bonds. The molecule has 0 aliphatic heterocycles. The molecule has 2 rings (SSSR count). The smallest absolute Gasteiger partial charge is 0.335 e. The van der Waals surface area contributed by atoms with E-state index in [1.165, 1.54) is 10.7 Å². The number of phenolic OH excluding ortho intramolecular Hbond substituents is 1. The standard InChI is InChI=1S/C8H7N3O3/c1-11-5-2-4(8(13)14)3-6(12)7(5)9-10-11/h2-3,12H,1H3,(H,13,14). The van der Waals surface area contributed by atoms with Gasteiger partial charge in [-0.25, -0.2) is 9.48 Å². The van der Waals surface area contributed by atoms with Crippen molar-refractivity contribution in [3.8, 4) is 5.75 Å². The van der Waals surface area contributed by atoms with Crippen LogP contribution in [0.15, 0.2) is 12.1 Å². The fourth-order valence-electron chi connectivity index (χ4n) is 1.24. The molecule has 0 aliphatic rings. The van der Waals surface area contributed by atoms with Crippen LogP contribution >= 0.6 is 0 Å². The molecule has 0 fully saturated rings. The Hall–Kier alpha value is -2.11. The Morgan fingerprint density at radius 3 is 2.86 bits per heavy atom. The third-order valence-electron chi connectivity index (χ3n) is 1.94. The number of aromatic carboxylic acids is 1. The van der Waals surface area contributed by atoms with Crippen molar-refractivity contribution in [3.05, 3.63) is 17.7 Å². The Balaban J connectivity index is 2.82. The number of aromatic nitrogens is 3. The molecule has 0 bridgehead atoms. The van der Waals surface area contributed by atoms with Crippen LogP contribution in [-0.2, 0) is 7.05 Å². The van der Waals surface area contributed by atoms with Gasteiger partial charge in [0, 0.05) is 7.05 Å². The van der Waals surface area contributed by atoms with E-state index in [1.54, 1.807) is 7.05 Å². The minimum Gasteiger partial charge on any atom is -0.506 e. The summed E-state index contributed by atoms with van der Waals surface area (Å²) in [5.41, 5.74) is 0.806. The summed E-state index contributed by atoms with van der Waals surface area (Å²) in [6.45, 7) is 0. The second-order valence-electron chi connectivity index (χ2n) is 2.88. The van der Waals surface area contributed by atoms with E-state index < -0.39 is 5.97 Å². The van der Waals surface area contributed by atoms with Crippen molar-refractivity contribution in [2.75, 3.05) is 0 Å². The fraction of sp³-hybridized carbons (Fsp3) is 0.125. The second kappa shape index (κ2) is 2.69. The van der Waals surface area contributed by atoms with Gasteiger partial charge in [0.2, 0.25) is 0 Å². The lowest BCUT2D eigenvalue weighted by molar-refractivity contribution is 0.0696. The van der Waals surface area contributed by atoms with Crippen molar-refractivity contribution in [1.29, 1.82) is 0 Å². The first-order valence-corrected chi connectivity index (χ1v) is 3.85. The number of benzene rings is 1. The van der Waals surface area contributed by atoms with Gasteiger partial charge in [0.25, 0.3) is 0 Å². The average Bonchev–Trinajstić information content (AvgIpc) is 2.48. The van der Waals surface area contributed by atoms with Gasteiger partial charge >= 0.3 is 5.97 Å². The van der Waals surface area contributed by atoms with Gasteiger partial charge in [-0.15, -0.1) is 5.10 Å². The minimum atomic E-state index is -1.09. The quantitative estimate of drug-likeness (QED) is 0.683. The van der Waals surface area contributed by atoms with Gasteiger partial charge in [-0.2, -0.15) is 0 Å². The SMILES string of the molecule is Cn1nnc2c(O)cc(C(=O)O)cc21. The van der Waals surface area contributed by atoms with Gasteiger partial charge in [0.05, 0.1) is 11.1 Å². The van der Waals surface area contributed by atoms with Crippen molar-refractivity contribution in [2.24, 2.45) is 7.05 Å². The number of nitrogens with zero attached hydrogens (tertiary/aromatic N) is 3. The molecule has 1 aromatic heterocycles. The molecule has 2 N–H and O–H groups in total. The van der Waals surface area contributed by atoms with Gasteiger partial charge in [0.15, 0.2) is 5.52 Å². The first-order chi connectivity index (χ1) is 6.59. The lowest BCUT2D eigenvalue weighted by Crippen LogP contribution is -1.97. The van der Waals surface area contributed by atoms with Crippen LogP contribution in [0.5, 0.6) is 5.75 Å². The summed E-state index contributed by atoms with van der Waals surface area (Å²) in [4.78, 5) is 10.7. The Kier molecular flexibility index (Phi) is 1.63. The number of hydrogen-bond donors (Lipinski definition) is 2. The van der Waals surface area contributed by atoms with Gasteiger partial charge in [0.1, 0.15) is 5.75 Å². The summed E-state index contributed by atoms with van der Waals surface area (Å²) in [6.07, 6.45) is 0. The molecule has 0 unspecified atom stereocenters. The number of aromatic hydroxyl groups is 1. The molecular weight excluding hydrogens is 186 g/mol. The van der Waals surface area contributed by atoms with Gasteiger partial charge in [-0.05, 0) is 12.1 Å². The number of fused-ring (bicyclic) bond motifs is 1.